The average Bonchev–Trinajstić information content (AvgIpc) is 2.57. The summed E-state index contributed by atoms with van der Waals surface area (Å²) in [6, 6.07) is 5.90. The largest absolute Gasteiger partial charge is 0.392 e. The van der Waals surface area contributed by atoms with Gasteiger partial charge in [-0.05, 0) is 56.9 Å². The lowest BCUT2D eigenvalue weighted by molar-refractivity contribution is -0.207. The molecule has 1 heterocycles. The monoisotopic (exact) mass is 317 g/mol. The Hall–Kier alpha value is -1.39. The molecule has 3 rings (SSSR count). The number of likely N-dealkylation sites (tertiary alicyclic amines) is 1. The molecule has 0 aromatic heterocycles. The number of benzene rings is 1. The molecular weight excluding hydrogens is 290 g/mol. The Morgan fingerprint density at radius 2 is 2.00 bits per heavy atom. The number of hydrogen-bond donors (Lipinski definition) is 1. The Balaban J connectivity index is 1.66. The SMILES string of the molecule is CCOC1CC(O)C12CCN(C(=O)c1ccc(C)c(C)c1)CC2. The van der Waals surface area contributed by atoms with Crippen molar-refractivity contribution in [3.8, 4) is 0 Å². The first-order valence-electron chi connectivity index (χ1n) is 8.64. The molecule has 2 fully saturated rings. The summed E-state index contributed by atoms with van der Waals surface area (Å²) in [6.07, 6.45) is 2.27. The van der Waals surface area contributed by atoms with E-state index in [1.807, 2.05) is 36.9 Å². The lowest BCUT2D eigenvalue weighted by atomic mass is 9.58. The molecule has 126 valence electrons. The number of hydrogen-bond acceptors (Lipinski definition) is 3. The number of amides is 1. The summed E-state index contributed by atoms with van der Waals surface area (Å²) in [5, 5.41) is 10.2. The number of carbonyl (C=O) groups excluding carboxylic acids is 1. The topological polar surface area (TPSA) is 49.8 Å². The van der Waals surface area contributed by atoms with Crippen LogP contribution in [-0.2, 0) is 4.74 Å². The fourth-order valence-electron chi connectivity index (χ4n) is 4.00. The van der Waals surface area contributed by atoms with Crippen molar-refractivity contribution in [2.75, 3.05) is 19.7 Å². The van der Waals surface area contributed by atoms with Gasteiger partial charge in [0, 0.05) is 37.1 Å². The van der Waals surface area contributed by atoms with Gasteiger partial charge >= 0.3 is 0 Å². The zero-order valence-corrected chi connectivity index (χ0v) is 14.3. The van der Waals surface area contributed by atoms with Crippen molar-refractivity contribution in [2.45, 2.75) is 52.2 Å². The van der Waals surface area contributed by atoms with E-state index in [-0.39, 0.29) is 23.5 Å². The molecule has 1 amide bonds. The summed E-state index contributed by atoms with van der Waals surface area (Å²) in [5.74, 6) is 0.102. The highest BCUT2D eigenvalue weighted by molar-refractivity contribution is 5.94. The standard InChI is InChI=1S/C19H27NO3/c1-4-23-17-12-16(21)19(17)7-9-20(10-8-19)18(22)15-6-5-13(2)14(3)11-15/h5-6,11,16-17,21H,4,7-10,12H2,1-3H3. The van der Waals surface area contributed by atoms with Gasteiger partial charge in [-0.25, -0.2) is 0 Å². The van der Waals surface area contributed by atoms with Crippen LogP contribution in [0.2, 0.25) is 0 Å². The molecule has 4 nitrogen and oxygen atoms in total. The summed E-state index contributed by atoms with van der Waals surface area (Å²) < 4.78 is 5.79. The van der Waals surface area contributed by atoms with Crippen molar-refractivity contribution in [3.63, 3.8) is 0 Å². The lowest BCUT2D eigenvalue weighted by Crippen LogP contribution is -2.62. The first-order valence-corrected chi connectivity index (χ1v) is 8.64. The van der Waals surface area contributed by atoms with Crippen LogP contribution in [0.4, 0.5) is 0 Å². The van der Waals surface area contributed by atoms with Crippen molar-refractivity contribution >= 4 is 5.91 Å². The Bertz CT molecular complexity index is 588. The number of aryl methyl sites for hydroxylation is 2. The molecule has 2 aliphatic rings. The van der Waals surface area contributed by atoms with E-state index in [1.54, 1.807) is 0 Å². The summed E-state index contributed by atoms with van der Waals surface area (Å²) >= 11 is 0. The summed E-state index contributed by atoms with van der Waals surface area (Å²) in [5.41, 5.74) is 2.99. The zero-order valence-electron chi connectivity index (χ0n) is 14.3. The Morgan fingerprint density at radius 3 is 2.57 bits per heavy atom. The maximum atomic E-state index is 12.7. The van der Waals surface area contributed by atoms with Crippen LogP contribution < -0.4 is 0 Å². The van der Waals surface area contributed by atoms with Crippen LogP contribution in [0.1, 0.15) is 47.7 Å². The zero-order chi connectivity index (χ0) is 16.6. The van der Waals surface area contributed by atoms with Gasteiger partial charge in [0.25, 0.3) is 5.91 Å². The fourth-order valence-corrected chi connectivity index (χ4v) is 4.00. The van der Waals surface area contributed by atoms with Crippen LogP contribution in [0.5, 0.6) is 0 Å². The van der Waals surface area contributed by atoms with Gasteiger partial charge in [-0.3, -0.25) is 4.79 Å². The first kappa shape index (κ1) is 16.5. The van der Waals surface area contributed by atoms with E-state index >= 15 is 0 Å². The normalized spacial score (nSPS) is 26.2. The molecule has 0 radical (unpaired) electrons. The molecule has 1 N–H and O–H groups in total. The molecule has 2 atom stereocenters. The number of nitrogens with zero attached hydrogens (tertiary/aromatic N) is 1. The molecule has 1 saturated heterocycles. The molecule has 1 spiro atoms. The third-order valence-electron chi connectivity index (χ3n) is 5.85. The van der Waals surface area contributed by atoms with Crippen molar-refractivity contribution < 1.29 is 14.6 Å². The van der Waals surface area contributed by atoms with Crippen LogP contribution in [0.15, 0.2) is 18.2 Å². The second kappa shape index (κ2) is 6.25. The molecule has 4 heteroatoms. The maximum absolute atomic E-state index is 12.7. The van der Waals surface area contributed by atoms with Crippen LogP contribution in [-0.4, -0.2) is 47.8 Å². The van der Waals surface area contributed by atoms with Crippen molar-refractivity contribution in [1.82, 2.24) is 4.90 Å². The second-order valence-electron chi connectivity index (χ2n) is 7.02. The van der Waals surface area contributed by atoms with Gasteiger partial charge in [-0.2, -0.15) is 0 Å². The van der Waals surface area contributed by atoms with E-state index in [0.717, 1.165) is 30.4 Å². The molecular formula is C19H27NO3. The molecule has 1 aliphatic heterocycles. The van der Waals surface area contributed by atoms with Crippen LogP contribution >= 0.6 is 0 Å². The number of aliphatic hydroxyl groups is 1. The van der Waals surface area contributed by atoms with Gasteiger partial charge in [0.05, 0.1) is 12.2 Å². The van der Waals surface area contributed by atoms with Gasteiger partial charge in [0.1, 0.15) is 0 Å². The summed E-state index contributed by atoms with van der Waals surface area (Å²) in [7, 11) is 0. The van der Waals surface area contributed by atoms with Crippen molar-refractivity contribution in [3.05, 3.63) is 34.9 Å². The van der Waals surface area contributed by atoms with Crippen molar-refractivity contribution in [2.24, 2.45) is 5.41 Å². The highest BCUT2D eigenvalue weighted by atomic mass is 16.5. The number of rotatable bonds is 3. The van der Waals surface area contributed by atoms with E-state index in [4.69, 9.17) is 4.74 Å². The van der Waals surface area contributed by atoms with Crippen LogP contribution in [0, 0.1) is 19.3 Å². The minimum Gasteiger partial charge on any atom is -0.392 e. The quantitative estimate of drug-likeness (QED) is 0.932. The lowest BCUT2D eigenvalue weighted by Gasteiger charge is -2.56. The minimum absolute atomic E-state index is 0.102. The molecule has 1 aromatic carbocycles. The first-order chi connectivity index (χ1) is 11.0. The summed E-state index contributed by atoms with van der Waals surface area (Å²) in [4.78, 5) is 14.6. The van der Waals surface area contributed by atoms with E-state index in [2.05, 4.69) is 6.92 Å². The predicted octanol–water partition coefficient (Wildman–Crippen LogP) is 2.70. The maximum Gasteiger partial charge on any atom is 0.253 e. The third kappa shape index (κ3) is 2.79. The molecule has 23 heavy (non-hydrogen) atoms. The Kier molecular flexibility index (Phi) is 4.47. The number of aliphatic hydroxyl groups excluding tert-OH is 1. The number of ether oxygens (including phenoxy) is 1. The fraction of sp³-hybridized carbons (Fsp3) is 0.632. The Morgan fingerprint density at radius 1 is 1.30 bits per heavy atom. The van der Waals surface area contributed by atoms with E-state index in [9.17, 15) is 9.90 Å². The molecule has 0 bridgehead atoms. The van der Waals surface area contributed by atoms with Gasteiger partial charge in [-0.1, -0.05) is 6.07 Å². The predicted molar refractivity (Wildman–Crippen MR) is 89.5 cm³/mol. The van der Waals surface area contributed by atoms with Gasteiger partial charge in [-0.15, -0.1) is 0 Å². The molecule has 1 aliphatic carbocycles. The molecule has 1 aromatic rings. The Labute approximate surface area is 138 Å². The third-order valence-corrected chi connectivity index (χ3v) is 5.85. The molecule has 1 saturated carbocycles. The smallest absolute Gasteiger partial charge is 0.253 e. The van der Waals surface area contributed by atoms with Crippen LogP contribution in [0.3, 0.4) is 0 Å². The summed E-state index contributed by atoms with van der Waals surface area (Å²) in [6.45, 7) is 8.18. The van der Waals surface area contributed by atoms with Crippen LogP contribution in [0.25, 0.3) is 0 Å². The minimum atomic E-state index is -0.280. The van der Waals surface area contributed by atoms with E-state index in [1.165, 1.54) is 5.56 Å². The van der Waals surface area contributed by atoms with Gasteiger partial charge < -0.3 is 14.7 Å². The highest BCUT2D eigenvalue weighted by Crippen LogP contribution is 2.51. The highest BCUT2D eigenvalue weighted by Gasteiger charge is 2.56. The van der Waals surface area contributed by atoms with Gasteiger partial charge in [0.2, 0.25) is 0 Å². The average molecular weight is 317 g/mol. The second-order valence-corrected chi connectivity index (χ2v) is 7.02. The number of piperidine rings is 1. The number of carbonyl (C=O) groups is 1. The van der Waals surface area contributed by atoms with E-state index < -0.39 is 0 Å². The van der Waals surface area contributed by atoms with E-state index in [0.29, 0.717) is 19.7 Å². The molecule has 2 unspecified atom stereocenters. The van der Waals surface area contributed by atoms with Crippen molar-refractivity contribution in [1.29, 1.82) is 0 Å². The van der Waals surface area contributed by atoms with Gasteiger partial charge in [0.15, 0.2) is 0 Å².